The largest absolute Gasteiger partial charge is 0.304 e. The molecule has 0 amide bonds. The van der Waals surface area contributed by atoms with Gasteiger partial charge in [0.15, 0.2) is 0 Å². The minimum absolute atomic E-state index is 0.0868. The van der Waals surface area contributed by atoms with E-state index in [0.717, 1.165) is 18.3 Å². The average Bonchev–Trinajstić information content (AvgIpc) is 2.34. The summed E-state index contributed by atoms with van der Waals surface area (Å²) in [5, 5.41) is 11.1. The summed E-state index contributed by atoms with van der Waals surface area (Å²) in [5.41, 5.74) is 0.0166. The van der Waals surface area contributed by atoms with Gasteiger partial charge in [0.1, 0.15) is 10.3 Å². The van der Waals surface area contributed by atoms with E-state index in [1.807, 2.05) is 0 Å². The van der Waals surface area contributed by atoms with Crippen molar-refractivity contribution in [3.05, 3.63) is 66.8 Å². The van der Waals surface area contributed by atoms with Crippen LogP contribution in [0.4, 0.5) is 5.69 Å². The van der Waals surface area contributed by atoms with E-state index in [0.29, 0.717) is 5.56 Å². The lowest BCUT2D eigenvalue weighted by molar-refractivity contribution is -0.385. The number of pyridine rings is 2. The Morgan fingerprint density at radius 3 is 2.63 bits per heavy atom. The molecule has 2 aromatic heterocycles. The van der Waals surface area contributed by atoms with Gasteiger partial charge >= 0.3 is 0 Å². The molecule has 6 nitrogen and oxygen atoms in total. The summed E-state index contributed by atoms with van der Waals surface area (Å²) >= 11 is 11.6. The lowest BCUT2D eigenvalue weighted by Crippen LogP contribution is -2.19. The zero-order chi connectivity index (χ0) is 14.0. The molecule has 0 N–H and O–H groups in total. The standard InChI is InChI=1S/C11H7Cl2N3O3/c12-9-3-1-7(11(13)14-9)5-15-6-8(16(18)19)2-4-10(15)17/h1-4,6H,5H2. The summed E-state index contributed by atoms with van der Waals surface area (Å²) < 4.78 is 1.19. The molecular weight excluding hydrogens is 293 g/mol. The Morgan fingerprint density at radius 2 is 2.00 bits per heavy atom. The Labute approximate surface area is 117 Å². The highest BCUT2D eigenvalue weighted by molar-refractivity contribution is 6.32. The van der Waals surface area contributed by atoms with Gasteiger partial charge in [-0.3, -0.25) is 14.9 Å². The highest BCUT2D eigenvalue weighted by atomic mass is 35.5. The van der Waals surface area contributed by atoms with Gasteiger partial charge in [-0.1, -0.05) is 29.3 Å². The smallest absolute Gasteiger partial charge is 0.285 e. The highest BCUT2D eigenvalue weighted by Crippen LogP contribution is 2.17. The molecule has 98 valence electrons. The number of nitro groups is 1. The Morgan fingerprint density at radius 1 is 1.26 bits per heavy atom. The van der Waals surface area contributed by atoms with Crippen LogP contribution in [-0.2, 0) is 6.54 Å². The maximum atomic E-state index is 11.6. The molecule has 0 saturated heterocycles. The van der Waals surface area contributed by atoms with Crippen LogP contribution in [0.1, 0.15) is 5.56 Å². The predicted octanol–water partition coefficient (Wildman–Crippen LogP) is 2.51. The van der Waals surface area contributed by atoms with E-state index < -0.39 is 4.92 Å². The molecule has 0 atom stereocenters. The zero-order valence-corrected chi connectivity index (χ0v) is 10.9. The molecule has 0 radical (unpaired) electrons. The quantitative estimate of drug-likeness (QED) is 0.495. The van der Waals surface area contributed by atoms with Crippen LogP contribution in [0, 0.1) is 10.1 Å². The molecular formula is C11H7Cl2N3O3. The second kappa shape index (κ2) is 5.38. The van der Waals surface area contributed by atoms with Crippen LogP contribution in [-0.4, -0.2) is 14.5 Å². The van der Waals surface area contributed by atoms with E-state index in [4.69, 9.17) is 23.2 Å². The second-order valence-corrected chi connectivity index (χ2v) is 4.44. The third-order valence-electron chi connectivity index (χ3n) is 2.41. The van der Waals surface area contributed by atoms with Gasteiger partial charge in [0, 0.05) is 17.7 Å². The van der Waals surface area contributed by atoms with Crippen molar-refractivity contribution in [2.24, 2.45) is 0 Å². The third kappa shape index (κ3) is 3.10. The topological polar surface area (TPSA) is 78.0 Å². The van der Waals surface area contributed by atoms with Crippen LogP contribution in [0.25, 0.3) is 0 Å². The predicted molar refractivity (Wildman–Crippen MR) is 70.7 cm³/mol. The van der Waals surface area contributed by atoms with Crippen molar-refractivity contribution in [2.45, 2.75) is 6.54 Å². The van der Waals surface area contributed by atoms with Crippen LogP contribution in [0.5, 0.6) is 0 Å². The normalized spacial score (nSPS) is 10.4. The fourth-order valence-electron chi connectivity index (χ4n) is 1.49. The molecule has 0 unspecified atom stereocenters. The summed E-state index contributed by atoms with van der Waals surface area (Å²) in [6.07, 6.45) is 1.16. The van der Waals surface area contributed by atoms with Crippen molar-refractivity contribution in [1.29, 1.82) is 0 Å². The molecule has 0 aliphatic carbocycles. The molecule has 0 aliphatic rings. The minimum atomic E-state index is -0.572. The number of rotatable bonds is 3. The first-order chi connectivity index (χ1) is 8.97. The van der Waals surface area contributed by atoms with Gasteiger partial charge < -0.3 is 4.57 Å². The van der Waals surface area contributed by atoms with Gasteiger partial charge in [0.2, 0.25) is 0 Å². The van der Waals surface area contributed by atoms with Crippen LogP contribution < -0.4 is 5.56 Å². The average molecular weight is 300 g/mol. The van der Waals surface area contributed by atoms with Crippen LogP contribution in [0.15, 0.2) is 35.3 Å². The highest BCUT2D eigenvalue weighted by Gasteiger charge is 2.10. The molecule has 0 saturated carbocycles. The Bertz CT molecular complexity index is 700. The monoisotopic (exact) mass is 299 g/mol. The van der Waals surface area contributed by atoms with Gasteiger partial charge in [-0.2, -0.15) is 0 Å². The van der Waals surface area contributed by atoms with Gasteiger partial charge in [0.25, 0.3) is 11.2 Å². The van der Waals surface area contributed by atoms with E-state index >= 15 is 0 Å². The molecule has 0 fully saturated rings. The van der Waals surface area contributed by atoms with Crippen molar-refractivity contribution >= 4 is 28.9 Å². The fraction of sp³-hybridized carbons (Fsp3) is 0.0909. The second-order valence-electron chi connectivity index (χ2n) is 3.69. The minimum Gasteiger partial charge on any atom is -0.304 e. The lowest BCUT2D eigenvalue weighted by atomic mass is 10.3. The first-order valence-electron chi connectivity index (χ1n) is 5.13. The Hall–Kier alpha value is -1.92. The molecule has 0 aromatic carbocycles. The third-order valence-corrected chi connectivity index (χ3v) is 2.95. The number of halogens is 2. The first kappa shape index (κ1) is 13.5. The number of hydrogen-bond acceptors (Lipinski definition) is 4. The molecule has 2 aromatic rings. The molecule has 0 bridgehead atoms. The van der Waals surface area contributed by atoms with Crippen molar-refractivity contribution in [3.63, 3.8) is 0 Å². The van der Waals surface area contributed by atoms with Crippen LogP contribution in [0.3, 0.4) is 0 Å². The first-order valence-corrected chi connectivity index (χ1v) is 5.89. The van der Waals surface area contributed by atoms with Gasteiger partial charge in [-0.15, -0.1) is 0 Å². The van der Waals surface area contributed by atoms with Crippen molar-refractivity contribution in [1.82, 2.24) is 9.55 Å². The van der Waals surface area contributed by atoms with Crippen molar-refractivity contribution in [2.75, 3.05) is 0 Å². The lowest BCUT2D eigenvalue weighted by Gasteiger charge is -2.06. The van der Waals surface area contributed by atoms with Crippen molar-refractivity contribution in [3.8, 4) is 0 Å². The number of nitrogens with zero attached hydrogens (tertiary/aromatic N) is 3. The van der Waals surface area contributed by atoms with Gasteiger partial charge in [-0.25, -0.2) is 4.98 Å². The number of aromatic nitrogens is 2. The van der Waals surface area contributed by atoms with Crippen LogP contribution in [0.2, 0.25) is 10.3 Å². The molecule has 0 aliphatic heterocycles. The summed E-state index contributed by atoms with van der Waals surface area (Å²) in [7, 11) is 0. The summed E-state index contributed by atoms with van der Waals surface area (Å²) in [5.74, 6) is 0. The van der Waals surface area contributed by atoms with Crippen molar-refractivity contribution < 1.29 is 4.92 Å². The molecule has 19 heavy (non-hydrogen) atoms. The van der Waals surface area contributed by atoms with Gasteiger partial charge in [0.05, 0.1) is 17.7 Å². The molecule has 2 rings (SSSR count). The fourth-order valence-corrected chi connectivity index (χ4v) is 1.90. The summed E-state index contributed by atoms with van der Waals surface area (Å²) in [6, 6.07) is 5.43. The maximum Gasteiger partial charge on any atom is 0.285 e. The van der Waals surface area contributed by atoms with Gasteiger partial charge in [-0.05, 0) is 6.07 Å². The Balaban J connectivity index is 2.40. The van der Waals surface area contributed by atoms with E-state index in [-0.39, 0.29) is 28.1 Å². The maximum absolute atomic E-state index is 11.6. The Kier molecular flexibility index (Phi) is 3.82. The van der Waals surface area contributed by atoms with E-state index in [1.54, 1.807) is 6.07 Å². The summed E-state index contributed by atoms with van der Waals surface area (Å²) in [6.45, 7) is 0.0868. The summed E-state index contributed by atoms with van der Waals surface area (Å²) in [4.78, 5) is 25.6. The number of hydrogen-bond donors (Lipinski definition) is 0. The van der Waals surface area contributed by atoms with E-state index in [1.165, 1.54) is 10.6 Å². The SMILES string of the molecule is O=c1ccc([N+](=O)[O-])cn1Cc1ccc(Cl)nc1Cl. The molecule has 0 spiro atoms. The molecule has 2 heterocycles. The van der Waals surface area contributed by atoms with Crippen LogP contribution >= 0.6 is 23.2 Å². The molecule has 8 heteroatoms. The van der Waals surface area contributed by atoms with E-state index in [2.05, 4.69) is 4.98 Å². The van der Waals surface area contributed by atoms with E-state index in [9.17, 15) is 14.9 Å². The zero-order valence-electron chi connectivity index (χ0n) is 9.42.